The summed E-state index contributed by atoms with van der Waals surface area (Å²) in [5, 5.41) is 0.932. The first kappa shape index (κ1) is 21.1. The van der Waals surface area contributed by atoms with E-state index in [2.05, 4.69) is 80.5 Å². The summed E-state index contributed by atoms with van der Waals surface area (Å²) in [7, 11) is 0. The molecule has 160 valence electrons. The van der Waals surface area contributed by atoms with Crippen LogP contribution in [-0.4, -0.2) is 29.9 Å². The van der Waals surface area contributed by atoms with Gasteiger partial charge in [-0.2, -0.15) is 4.58 Å². The molecule has 0 aliphatic carbocycles. The number of para-hydroxylation sites is 1. The highest BCUT2D eigenvalue weighted by molar-refractivity contribution is 6.05. The summed E-state index contributed by atoms with van der Waals surface area (Å²) in [6.07, 6.45) is 3.97. The number of rotatable bonds is 6. The van der Waals surface area contributed by atoms with E-state index in [1.165, 1.54) is 17.0 Å². The van der Waals surface area contributed by atoms with Crippen molar-refractivity contribution in [3.05, 3.63) is 76.2 Å². The maximum absolute atomic E-state index is 12.7. The van der Waals surface area contributed by atoms with E-state index in [9.17, 15) is 4.79 Å². The zero-order chi connectivity index (χ0) is 22.2. The third-order valence-electron chi connectivity index (χ3n) is 6.41. The van der Waals surface area contributed by atoms with Crippen molar-refractivity contribution in [3.63, 3.8) is 0 Å². The van der Waals surface area contributed by atoms with E-state index in [1.807, 2.05) is 24.3 Å². The summed E-state index contributed by atoms with van der Waals surface area (Å²) in [5.74, 6) is 0. The van der Waals surface area contributed by atoms with Crippen LogP contribution in [0.2, 0.25) is 0 Å². The molecule has 0 atom stereocenters. The normalized spacial score (nSPS) is 15.1. The number of benzene rings is 2. The second kappa shape index (κ2) is 8.18. The van der Waals surface area contributed by atoms with Gasteiger partial charge in [0.2, 0.25) is 5.69 Å². The van der Waals surface area contributed by atoms with Crippen molar-refractivity contribution in [1.82, 2.24) is 0 Å². The van der Waals surface area contributed by atoms with Crippen LogP contribution < -0.4 is 10.5 Å². The fraction of sp³-hybridized carbons (Fsp3) is 0.333. The third kappa shape index (κ3) is 3.60. The summed E-state index contributed by atoms with van der Waals surface area (Å²) < 4.78 is 8.02. The minimum absolute atomic E-state index is 0.126. The van der Waals surface area contributed by atoms with Crippen LogP contribution in [-0.2, 0) is 5.41 Å². The first-order valence-electron chi connectivity index (χ1n) is 11.2. The van der Waals surface area contributed by atoms with Crippen LogP contribution in [0.25, 0.3) is 17.0 Å². The molecule has 0 fully saturated rings. The van der Waals surface area contributed by atoms with Crippen molar-refractivity contribution in [2.75, 3.05) is 24.5 Å². The van der Waals surface area contributed by atoms with Gasteiger partial charge < -0.3 is 9.32 Å². The smallest absolute Gasteiger partial charge is 0.343 e. The van der Waals surface area contributed by atoms with Crippen LogP contribution >= 0.6 is 0 Å². The molecule has 4 rings (SSSR count). The second-order valence-electron chi connectivity index (χ2n) is 8.49. The van der Waals surface area contributed by atoms with Gasteiger partial charge in [0.1, 0.15) is 12.1 Å². The standard InChI is InChI=1S/C27H31N2O2/c1-6-28(7-2)21-15-13-19-17-20(26(30)31-24(19)18-21)14-16-25-27(4,5)22-11-9-10-12-23(22)29(25)8-3/h9-18H,6-8H2,1-5H3/q+1. The third-order valence-corrected chi connectivity index (χ3v) is 6.41. The van der Waals surface area contributed by atoms with Crippen molar-refractivity contribution in [1.29, 1.82) is 0 Å². The van der Waals surface area contributed by atoms with Crippen LogP contribution in [0.4, 0.5) is 11.4 Å². The van der Waals surface area contributed by atoms with E-state index in [0.717, 1.165) is 30.7 Å². The summed E-state index contributed by atoms with van der Waals surface area (Å²) in [6, 6.07) is 16.5. The van der Waals surface area contributed by atoms with Crippen molar-refractivity contribution in [2.45, 2.75) is 40.0 Å². The molecular weight excluding hydrogens is 384 g/mol. The van der Waals surface area contributed by atoms with Crippen LogP contribution in [0.5, 0.6) is 0 Å². The Bertz CT molecular complexity index is 1240. The number of nitrogens with zero attached hydrogens (tertiary/aromatic N) is 2. The molecule has 2 heterocycles. The lowest BCUT2D eigenvalue weighted by molar-refractivity contribution is -0.433. The van der Waals surface area contributed by atoms with Crippen LogP contribution in [0.15, 0.2) is 63.8 Å². The van der Waals surface area contributed by atoms with Crippen molar-refractivity contribution in [2.24, 2.45) is 0 Å². The maximum Gasteiger partial charge on any atom is 0.343 e. The Morgan fingerprint density at radius 3 is 2.45 bits per heavy atom. The van der Waals surface area contributed by atoms with E-state index in [4.69, 9.17) is 4.42 Å². The van der Waals surface area contributed by atoms with E-state index >= 15 is 0 Å². The summed E-state index contributed by atoms with van der Waals surface area (Å²) in [4.78, 5) is 15.0. The molecule has 0 saturated carbocycles. The van der Waals surface area contributed by atoms with Crippen molar-refractivity contribution in [3.8, 4) is 0 Å². The minimum atomic E-state index is -0.308. The lowest BCUT2D eigenvalue weighted by Crippen LogP contribution is -2.27. The Labute approximate surface area is 184 Å². The second-order valence-corrected chi connectivity index (χ2v) is 8.49. The first-order valence-corrected chi connectivity index (χ1v) is 11.2. The molecule has 0 amide bonds. The molecule has 0 bridgehead atoms. The van der Waals surface area contributed by atoms with Gasteiger partial charge in [-0.05, 0) is 58.9 Å². The average Bonchev–Trinajstić information content (AvgIpc) is 2.99. The Kier molecular flexibility index (Phi) is 5.57. The Morgan fingerprint density at radius 2 is 1.74 bits per heavy atom. The molecule has 2 aromatic carbocycles. The molecule has 4 nitrogen and oxygen atoms in total. The number of hydrogen-bond acceptors (Lipinski definition) is 3. The number of anilines is 1. The molecule has 4 heteroatoms. The van der Waals surface area contributed by atoms with Gasteiger partial charge in [0.15, 0.2) is 5.71 Å². The lowest BCUT2D eigenvalue weighted by atomic mass is 9.81. The quantitative estimate of drug-likeness (QED) is 0.380. The predicted octanol–water partition coefficient (Wildman–Crippen LogP) is 5.75. The van der Waals surface area contributed by atoms with Gasteiger partial charge in [0.05, 0.1) is 11.0 Å². The first-order chi connectivity index (χ1) is 14.9. The molecule has 1 aliphatic heterocycles. The predicted molar refractivity (Wildman–Crippen MR) is 130 cm³/mol. The molecule has 0 radical (unpaired) electrons. The molecule has 3 aromatic rings. The largest absolute Gasteiger partial charge is 0.422 e. The van der Waals surface area contributed by atoms with Crippen molar-refractivity contribution >= 4 is 34.1 Å². The van der Waals surface area contributed by atoms with Gasteiger partial charge in [0, 0.05) is 47.9 Å². The van der Waals surface area contributed by atoms with Gasteiger partial charge in [-0.25, -0.2) is 4.79 Å². The van der Waals surface area contributed by atoms with Gasteiger partial charge in [-0.1, -0.05) is 18.2 Å². The molecule has 1 aromatic heterocycles. The highest BCUT2D eigenvalue weighted by Crippen LogP contribution is 2.39. The fourth-order valence-electron chi connectivity index (χ4n) is 4.67. The monoisotopic (exact) mass is 415 g/mol. The zero-order valence-electron chi connectivity index (χ0n) is 19.1. The Morgan fingerprint density at radius 1 is 1.00 bits per heavy atom. The van der Waals surface area contributed by atoms with Gasteiger partial charge >= 0.3 is 5.63 Å². The molecule has 0 spiro atoms. The summed E-state index contributed by atoms with van der Waals surface area (Å²) in [6.45, 7) is 13.6. The molecule has 0 N–H and O–H groups in total. The minimum Gasteiger partial charge on any atom is -0.422 e. The maximum atomic E-state index is 12.7. The zero-order valence-corrected chi connectivity index (χ0v) is 19.1. The average molecular weight is 416 g/mol. The highest BCUT2D eigenvalue weighted by Gasteiger charge is 2.43. The van der Waals surface area contributed by atoms with Crippen LogP contribution in [0.1, 0.15) is 45.7 Å². The number of allylic oxidation sites excluding steroid dienone is 1. The highest BCUT2D eigenvalue weighted by atomic mass is 16.4. The van der Waals surface area contributed by atoms with E-state index in [0.29, 0.717) is 11.1 Å². The lowest BCUT2D eigenvalue weighted by Gasteiger charge is -2.20. The molecule has 31 heavy (non-hydrogen) atoms. The van der Waals surface area contributed by atoms with Gasteiger partial charge in [-0.15, -0.1) is 0 Å². The Balaban J connectivity index is 1.74. The van der Waals surface area contributed by atoms with Gasteiger partial charge in [-0.3, -0.25) is 0 Å². The molecule has 0 saturated heterocycles. The summed E-state index contributed by atoms with van der Waals surface area (Å²) in [5.41, 5.74) is 5.57. The molecule has 1 aliphatic rings. The van der Waals surface area contributed by atoms with Crippen LogP contribution in [0, 0.1) is 0 Å². The van der Waals surface area contributed by atoms with E-state index in [-0.39, 0.29) is 11.0 Å². The molecular formula is C27H31N2O2+. The Hall–Kier alpha value is -3.14. The van der Waals surface area contributed by atoms with Gasteiger partial charge in [0.25, 0.3) is 0 Å². The summed E-state index contributed by atoms with van der Waals surface area (Å²) >= 11 is 0. The van der Waals surface area contributed by atoms with E-state index < -0.39 is 0 Å². The number of hydrogen-bond donors (Lipinski definition) is 0. The SMILES string of the molecule is CCN(CC)c1ccc2cc(/C=C/C3=[N+](CC)c4ccccc4C3(C)C)c(=O)oc2c1. The van der Waals surface area contributed by atoms with Crippen molar-refractivity contribution < 1.29 is 8.99 Å². The number of fused-ring (bicyclic) bond motifs is 2. The molecule has 0 unspecified atom stereocenters. The topological polar surface area (TPSA) is 36.5 Å². The van der Waals surface area contributed by atoms with E-state index in [1.54, 1.807) is 0 Å². The fourth-order valence-corrected chi connectivity index (χ4v) is 4.67. The van der Waals surface area contributed by atoms with Crippen LogP contribution in [0.3, 0.4) is 0 Å².